The monoisotopic (exact) mass is 414 g/mol. The van der Waals surface area contributed by atoms with Crippen LogP contribution in [0.5, 0.6) is 5.75 Å². The molecular formula is C24H22N4O3. The van der Waals surface area contributed by atoms with E-state index in [4.69, 9.17) is 4.74 Å². The van der Waals surface area contributed by atoms with Gasteiger partial charge >= 0.3 is 0 Å². The fourth-order valence-electron chi connectivity index (χ4n) is 4.06. The minimum atomic E-state index is -0.126. The first-order valence-electron chi connectivity index (χ1n) is 10.3. The molecule has 0 radical (unpaired) electrons. The van der Waals surface area contributed by atoms with Crippen molar-refractivity contribution in [1.82, 2.24) is 19.9 Å². The molecule has 2 atom stereocenters. The van der Waals surface area contributed by atoms with Gasteiger partial charge < -0.3 is 14.6 Å². The lowest BCUT2D eigenvalue weighted by atomic mass is 10.0. The number of rotatable bonds is 4. The van der Waals surface area contributed by atoms with Crippen molar-refractivity contribution in [3.8, 4) is 16.9 Å². The van der Waals surface area contributed by atoms with Gasteiger partial charge in [-0.05, 0) is 54.4 Å². The van der Waals surface area contributed by atoms with Gasteiger partial charge in [-0.2, -0.15) is 0 Å². The zero-order chi connectivity index (χ0) is 21.5. The summed E-state index contributed by atoms with van der Waals surface area (Å²) in [5.74, 6) is 0.920. The number of benzene rings is 2. The van der Waals surface area contributed by atoms with Crippen molar-refractivity contribution in [1.29, 1.82) is 0 Å². The average Bonchev–Trinajstić information content (AvgIpc) is 3.22. The molecule has 0 bridgehead atoms. The molecule has 31 heavy (non-hydrogen) atoms. The second kappa shape index (κ2) is 7.50. The van der Waals surface area contributed by atoms with Crippen LogP contribution >= 0.6 is 0 Å². The van der Waals surface area contributed by atoms with E-state index in [0.29, 0.717) is 23.9 Å². The molecule has 5 rings (SSSR count). The largest absolute Gasteiger partial charge is 0.490 e. The minimum absolute atomic E-state index is 0.0653. The fraction of sp³-hybridized carbons (Fsp3) is 0.250. The summed E-state index contributed by atoms with van der Waals surface area (Å²) in [5.41, 5.74) is 3.25. The van der Waals surface area contributed by atoms with Crippen molar-refractivity contribution in [2.24, 2.45) is 13.0 Å². The Morgan fingerprint density at radius 2 is 1.87 bits per heavy atom. The van der Waals surface area contributed by atoms with Crippen LogP contribution in [-0.4, -0.2) is 33.1 Å². The highest BCUT2D eigenvalue weighted by Gasteiger charge is 2.28. The molecule has 1 amide bonds. The van der Waals surface area contributed by atoms with Crippen LogP contribution < -0.4 is 15.6 Å². The Morgan fingerprint density at radius 3 is 2.68 bits per heavy atom. The molecule has 0 aliphatic carbocycles. The number of aromatic nitrogens is 3. The van der Waals surface area contributed by atoms with Gasteiger partial charge in [0, 0.05) is 37.5 Å². The molecule has 156 valence electrons. The van der Waals surface area contributed by atoms with Gasteiger partial charge in [0.2, 0.25) is 5.91 Å². The topological polar surface area (TPSA) is 86.1 Å². The van der Waals surface area contributed by atoms with Crippen molar-refractivity contribution in [3.05, 3.63) is 65.3 Å². The van der Waals surface area contributed by atoms with Gasteiger partial charge in [-0.15, -0.1) is 0 Å². The molecule has 1 saturated heterocycles. The van der Waals surface area contributed by atoms with Crippen molar-refractivity contribution in [2.45, 2.75) is 19.4 Å². The average molecular weight is 414 g/mol. The maximum atomic E-state index is 12.3. The lowest BCUT2D eigenvalue weighted by Gasteiger charge is -2.21. The Morgan fingerprint density at radius 1 is 1.06 bits per heavy atom. The van der Waals surface area contributed by atoms with E-state index in [-0.39, 0.29) is 23.5 Å². The van der Waals surface area contributed by atoms with Crippen LogP contribution in [0.1, 0.15) is 13.3 Å². The number of carbonyl (C=O) groups is 1. The molecule has 2 aromatic heterocycles. The molecule has 0 unspecified atom stereocenters. The smallest absolute Gasteiger partial charge is 0.260 e. The SMILES string of the molecule is C[C@@H](Oc1cc(-c2ccc3c(=O)n(C)cnc3c2)cc2ncccc12)[C@H]1CNC(=O)C1. The van der Waals surface area contributed by atoms with E-state index in [1.807, 2.05) is 49.4 Å². The number of hydrogen-bond donors (Lipinski definition) is 1. The summed E-state index contributed by atoms with van der Waals surface area (Å²) in [6.45, 7) is 2.62. The van der Waals surface area contributed by atoms with Crippen molar-refractivity contribution in [2.75, 3.05) is 6.54 Å². The second-order valence-corrected chi connectivity index (χ2v) is 8.03. The lowest BCUT2D eigenvalue weighted by Crippen LogP contribution is -2.25. The Labute approximate surface area is 178 Å². The highest BCUT2D eigenvalue weighted by molar-refractivity contribution is 5.92. The van der Waals surface area contributed by atoms with Gasteiger partial charge in [0.25, 0.3) is 5.56 Å². The maximum absolute atomic E-state index is 12.3. The fourth-order valence-corrected chi connectivity index (χ4v) is 4.06. The summed E-state index contributed by atoms with van der Waals surface area (Å²) in [4.78, 5) is 32.9. The zero-order valence-electron chi connectivity index (χ0n) is 17.3. The summed E-state index contributed by atoms with van der Waals surface area (Å²) in [5, 5.41) is 4.37. The van der Waals surface area contributed by atoms with Crippen LogP contribution in [0.15, 0.2) is 59.8 Å². The molecule has 0 spiro atoms. The van der Waals surface area contributed by atoms with E-state index in [9.17, 15) is 9.59 Å². The van der Waals surface area contributed by atoms with Gasteiger partial charge in [0.1, 0.15) is 11.9 Å². The molecule has 7 nitrogen and oxygen atoms in total. The molecule has 2 aromatic carbocycles. The van der Waals surface area contributed by atoms with Crippen molar-refractivity contribution >= 4 is 27.7 Å². The number of aryl methyl sites for hydroxylation is 1. The van der Waals surface area contributed by atoms with Gasteiger partial charge in [-0.25, -0.2) is 4.98 Å². The van der Waals surface area contributed by atoms with Gasteiger partial charge in [0.15, 0.2) is 0 Å². The van der Waals surface area contributed by atoms with Crippen LogP contribution in [0.4, 0.5) is 0 Å². The minimum Gasteiger partial charge on any atom is -0.490 e. The van der Waals surface area contributed by atoms with E-state index < -0.39 is 0 Å². The molecule has 1 aliphatic heterocycles. The zero-order valence-corrected chi connectivity index (χ0v) is 17.3. The summed E-state index contributed by atoms with van der Waals surface area (Å²) in [6, 6.07) is 13.5. The second-order valence-electron chi connectivity index (χ2n) is 8.03. The third-order valence-corrected chi connectivity index (χ3v) is 5.92. The number of fused-ring (bicyclic) bond motifs is 2. The number of amides is 1. The van der Waals surface area contributed by atoms with Gasteiger partial charge in [-0.1, -0.05) is 6.07 Å². The number of carbonyl (C=O) groups excluding carboxylic acids is 1. The van der Waals surface area contributed by atoms with Crippen LogP contribution in [0, 0.1) is 5.92 Å². The molecule has 7 heteroatoms. The summed E-state index contributed by atoms with van der Waals surface area (Å²) in [6.07, 6.45) is 3.63. The third-order valence-electron chi connectivity index (χ3n) is 5.92. The quantitative estimate of drug-likeness (QED) is 0.555. The molecule has 3 heterocycles. The first kappa shape index (κ1) is 19.2. The first-order chi connectivity index (χ1) is 15.0. The Bertz CT molecular complexity index is 1380. The maximum Gasteiger partial charge on any atom is 0.260 e. The van der Waals surface area contributed by atoms with E-state index in [1.165, 1.54) is 10.9 Å². The molecule has 0 saturated carbocycles. The summed E-state index contributed by atoms with van der Waals surface area (Å²) < 4.78 is 7.81. The predicted molar refractivity (Wildman–Crippen MR) is 119 cm³/mol. The number of nitrogens with zero attached hydrogens (tertiary/aromatic N) is 3. The normalized spacial score (nSPS) is 17.1. The van der Waals surface area contributed by atoms with E-state index in [2.05, 4.69) is 15.3 Å². The molecule has 4 aromatic rings. The highest BCUT2D eigenvalue weighted by Crippen LogP contribution is 2.34. The Kier molecular flexibility index (Phi) is 4.66. The van der Waals surface area contributed by atoms with E-state index >= 15 is 0 Å². The number of pyridine rings is 1. The molecule has 1 aliphatic rings. The van der Waals surface area contributed by atoms with Crippen molar-refractivity contribution < 1.29 is 9.53 Å². The molecule has 1 N–H and O–H groups in total. The lowest BCUT2D eigenvalue weighted by molar-refractivity contribution is -0.119. The predicted octanol–water partition coefficient (Wildman–Crippen LogP) is 3.05. The van der Waals surface area contributed by atoms with E-state index in [1.54, 1.807) is 13.2 Å². The molecule has 1 fully saturated rings. The summed E-state index contributed by atoms with van der Waals surface area (Å²) >= 11 is 0. The van der Waals surface area contributed by atoms with Crippen LogP contribution in [-0.2, 0) is 11.8 Å². The standard InChI is InChI=1S/C24H22N4O3/c1-14(17-11-23(29)26-12-17)31-22-10-16(9-20-18(22)4-3-7-25-20)15-5-6-19-21(8-15)27-13-28(2)24(19)30/h3-10,13-14,17H,11-12H2,1-2H3,(H,26,29)/t14-,17-/m1/s1. The van der Waals surface area contributed by atoms with Crippen LogP contribution in [0.25, 0.3) is 32.9 Å². The van der Waals surface area contributed by atoms with Crippen LogP contribution in [0.3, 0.4) is 0 Å². The third kappa shape index (κ3) is 3.52. The van der Waals surface area contributed by atoms with E-state index in [0.717, 1.165) is 27.8 Å². The number of hydrogen-bond acceptors (Lipinski definition) is 5. The highest BCUT2D eigenvalue weighted by atomic mass is 16.5. The first-order valence-corrected chi connectivity index (χ1v) is 10.3. The number of ether oxygens (including phenoxy) is 1. The van der Waals surface area contributed by atoms with Crippen molar-refractivity contribution in [3.63, 3.8) is 0 Å². The molecular weight excluding hydrogens is 392 g/mol. The van der Waals surface area contributed by atoms with Crippen LogP contribution in [0.2, 0.25) is 0 Å². The van der Waals surface area contributed by atoms with Gasteiger partial charge in [-0.3, -0.25) is 14.6 Å². The number of nitrogens with one attached hydrogen (secondary N) is 1. The summed E-state index contributed by atoms with van der Waals surface area (Å²) in [7, 11) is 1.69. The van der Waals surface area contributed by atoms with Gasteiger partial charge in [0.05, 0.1) is 22.7 Å². The Balaban J connectivity index is 1.58. The Hall–Kier alpha value is -3.74.